The van der Waals surface area contributed by atoms with E-state index in [1.54, 1.807) is 6.20 Å². The number of hydrogen-bond donors (Lipinski definition) is 2. The summed E-state index contributed by atoms with van der Waals surface area (Å²) in [4.78, 5) is 12.4. The summed E-state index contributed by atoms with van der Waals surface area (Å²) in [5.41, 5.74) is 5.34. The molecule has 2 heterocycles. The molecule has 1 amide bonds. The standard InChI is InChI=1S/C16H20N4O/c1-11-13(10-19-20(11)2)9-18-16(21)15-5-3-4-12-8-17-7-6-14(12)15/h3-5,10,17H,6-9H2,1-2H3,(H,18,21). The average Bonchev–Trinajstić information content (AvgIpc) is 2.84. The quantitative estimate of drug-likeness (QED) is 0.893. The molecule has 2 N–H and O–H groups in total. The van der Waals surface area contributed by atoms with Crippen molar-refractivity contribution < 1.29 is 4.79 Å². The molecule has 0 aliphatic carbocycles. The fraction of sp³-hybridized carbons (Fsp3) is 0.375. The molecule has 0 bridgehead atoms. The lowest BCUT2D eigenvalue weighted by molar-refractivity contribution is 0.0949. The van der Waals surface area contributed by atoms with Crippen molar-refractivity contribution in [2.45, 2.75) is 26.4 Å². The largest absolute Gasteiger partial charge is 0.348 e. The van der Waals surface area contributed by atoms with Crippen LogP contribution in [0.1, 0.15) is 32.7 Å². The lowest BCUT2D eigenvalue weighted by atomic mass is 9.95. The van der Waals surface area contributed by atoms with Gasteiger partial charge in [-0.1, -0.05) is 12.1 Å². The molecular weight excluding hydrogens is 264 g/mol. The molecule has 110 valence electrons. The Hall–Kier alpha value is -2.14. The lowest BCUT2D eigenvalue weighted by Gasteiger charge is -2.19. The first kappa shape index (κ1) is 13.8. The van der Waals surface area contributed by atoms with Crippen LogP contribution >= 0.6 is 0 Å². The zero-order valence-corrected chi connectivity index (χ0v) is 12.4. The van der Waals surface area contributed by atoms with E-state index in [1.165, 1.54) is 11.1 Å². The molecule has 0 saturated heterocycles. The van der Waals surface area contributed by atoms with Crippen LogP contribution in [-0.4, -0.2) is 22.2 Å². The number of amides is 1. The molecule has 1 aliphatic heterocycles. The molecule has 21 heavy (non-hydrogen) atoms. The number of aromatic nitrogens is 2. The van der Waals surface area contributed by atoms with Crippen molar-refractivity contribution in [3.05, 3.63) is 52.3 Å². The summed E-state index contributed by atoms with van der Waals surface area (Å²) >= 11 is 0. The third-order valence-corrected chi connectivity index (χ3v) is 4.16. The van der Waals surface area contributed by atoms with Crippen molar-refractivity contribution in [1.82, 2.24) is 20.4 Å². The maximum absolute atomic E-state index is 12.4. The maximum Gasteiger partial charge on any atom is 0.251 e. The smallest absolute Gasteiger partial charge is 0.251 e. The molecule has 0 radical (unpaired) electrons. The Balaban J connectivity index is 1.75. The van der Waals surface area contributed by atoms with E-state index in [9.17, 15) is 4.79 Å². The van der Waals surface area contributed by atoms with Crippen LogP contribution in [0.5, 0.6) is 0 Å². The van der Waals surface area contributed by atoms with Gasteiger partial charge in [-0.15, -0.1) is 0 Å². The number of fused-ring (bicyclic) bond motifs is 1. The molecule has 5 heteroatoms. The zero-order chi connectivity index (χ0) is 14.8. The fourth-order valence-electron chi connectivity index (χ4n) is 2.73. The van der Waals surface area contributed by atoms with E-state index < -0.39 is 0 Å². The highest BCUT2D eigenvalue weighted by atomic mass is 16.1. The number of nitrogens with one attached hydrogen (secondary N) is 2. The molecule has 0 saturated carbocycles. The second kappa shape index (κ2) is 5.69. The highest BCUT2D eigenvalue weighted by Gasteiger charge is 2.17. The predicted octanol–water partition coefficient (Wildman–Crippen LogP) is 1.30. The summed E-state index contributed by atoms with van der Waals surface area (Å²) in [5.74, 6) is -0.00277. The van der Waals surface area contributed by atoms with Gasteiger partial charge in [0.2, 0.25) is 0 Å². The molecule has 1 aromatic heterocycles. The Morgan fingerprint density at radius 2 is 2.33 bits per heavy atom. The number of aryl methyl sites for hydroxylation is 1. The normalized spacial score (nSPS) is 13.8. The second-order valence-electron chi connectivity index (χ2n) is 5.43. The van der Waals surface area contributed by atoms with E-state index in [1.807, 2.05) is 30.8 Å². The summed E-state index contributed by atoms with van der Waals surface area (Å²) < 4.78 is 1.82. The second-order valence-corrected chi connectivity index (χ2v) is 5.43. The van der Waals surface area contributed by atoms with E-state index in [-0.39, 0.29) is 5.91 Å². The van der Waals surface area contributed by atoms with Crippen molar-refractivity contribution in [2.75, 3.05) is 6.54 Å². The van der Waals surface area contributed by atoms with Gasteiger partial charge in [-0.25, -0.2) is 0 Å². The molecule has 2 aromatic rings. The van der Waals surface area contributed by atoms with Crippen molar-refractivity contribution in [3.63, 3.8) is 0 Å². The molecule has 5 nitrogen and oxygen atoms in total. The third kappa shape index (κ3) is 2.69. The number of carbonyl (C=O) groups is 1. The van der Waals surface area contributed by atoms with Crippen molar-refractivity contribution >= 4 is 5.91 Å². The first-order chi connectivity index (χ1) is 10.2. The summed E-state index contributed by atoms with van der Waals surface area (Å²) in [6.07, 6.45) is 2.71. The van der Waals surface area contributed by atoms with Gasteiger partial charge in [0.15, 0.2) is 0 Å². The van der Waals surface area contributed by atoms with Crippen LogP contribution in [0.3, 0.4) is 0 Å². The number of benzene rings is 1. The van der Waals surface area contributed by atoms with Crippen molar-refractivity contribution in [3.8, 4) is 0 Å². The van der Waals surface area contributed by atoms with Crippen LogP contribution in [0.2, 0.25) is 0 Å². The van der Waals surface area contributed by atoms with Gasteiger partial charge < -0.3 is 10.6 Å². The fourth-order valence-corrected chi connectivity index (χ4v) is 2.73. The Kier molecular flexibility index (Phi) is 3.75. The highest BCUT2D eigenvalue weighted by molar-refractivity contribution is 5.96. The van der Waals surface area contributed by atoms with Gasteiger partial charge in [-0.05, 0) is 37.1 Å². The van der Waals surface area contributed by atoms with Crippen LogP contribution in [0, 0.1) is 6.92 Å². The van der Waals surface area contributed by atoms with E-state index >= 15 is 0 Å². The lowest BCUT2D eigenvalue weighted by Crippen LogP contribution is -2.29. The summed E-state index contributed by atoms with van der Waals surface area (Å²) in [6, 6.07) is 5.95. The zero-order valence-electron chi connectivity index (χ0n) is 12.4. The summed E-state index contributed by atoms with van der Waals surface area (Å²) in [6.45, 7) is 4.29. The van der Waals surface area contributed by atoms with Gasteiger partial charge in [0, 0.05) is 37.0 Å². The van der Waals surface area contributed by atoms with Gasteiger partial charge >= 0.3 is 0 Å². The molecular formula is C16H20N4O. The van der Waals surface area contributed by atoms with E-state index in [0.717, 1.165) is 36.3 Å². The van der Waals surface area contributed by atoms with Gasteiger partial charge in [0.25, 0.3) is 5.91 Å². The molecule has 1 aliphatic rings. The van der Waals surface area contributed by atoms with Crippen LogP contribution in [-0.2, 0) is 26.6 Å². The van der Waals surface area contributed by atoms with E-state index in [4.69, 9.17) is 0 Å². The Labute approximate surface area is 124 Å². The van der Waals surface area contributed by atoms with Gasteiger partial charge in [-0.3, -0.25) is 9.48 Å². The Morgan fingerprint density at radius 3 is 3.10 bits per heavy atom. The molecule has 0 unspecified atom stereocenters. The Morgan fingerprint density at radius 1 is 1.48 bits per heavy atom. The van der Waals surface area contributed by atoms with Gasteiger partial charge in [0.1, 0.15) is 0 Å². The van der Waals surface area contributed by atoms with Crippen LogP contribution in [0.15, 0.2) is 24.4 Å². The first-order valence-electron chi connectivity index (χ1n) is 7.24. The maximum atomic E-state index is 12.4. The van der Waals surface area contributed by atoms with Crippen molar-refractivity contribution in [2.24, 2.45) is 7.05 Å². The highest BCUT2D eigenvalue weighted by Crippen LogP contribution is 2.18. The first-order valence-corrected chi connectivity index (χ1v) is 7.24. The van der Waals surface area contributed by atoms with Crippen LogP contribution in [0.4, 0.5) is 0 Å². The molecule has 0 atom stereocenters. The summed E-state index contributed by atoms with van der Waals surface area (Å²) in [7, 11) is 1.90. The predicted molar refractivity (Wildman–Crippen MR) is 81.0 cm³/mol. The topological polar surface area (TPSA) is 59.0 Å². The number of nitrogens with zero attached hydrogens (tertiary/aromatic N) is 2. The molecule has 1 aromatic carbocycles. The molecule has 0 spiro atoms. The van der Waals surface area contributed by atoms with Crippen LogP contribution in [0.25, 0.3) is 0 Å². The van der Waals surface area contributed by atoms with E-state index in [0.29, 0.717) is 6.54 Å². The minimum Gasteiger partial charge on any atom is -0.348 e. The third-order valence-electron chi connectivity index (χ3n) is 4.16. The number of hydrogen-bond acceptors (Lipinski definition) is 3. The number of carbonyl (C=O) groups excluding carboxylic acids is 1. The van der Waals surface area contributed by atoms with Crippen LogP contribution < -0.4 is 10.6 Å². The van der Waals surface area contributed by atoms with Gasteiger partial charge in [-0.2, -0.15) is 5.10 Å². The van der Waals surface area contributed by atoms with Crippen molar-refractivity contribution in [1.29, 1.82) is 0 Å². The molecule has 0 fully saturated rings. The minimum atomic E-state index is -0.00277. The SMILES string of the molecule is Cc1c(CNC(=O)c2cccc3c2CCNC3)cnn1C. The van der Waals surface area contributed by atoms with Gasteiger partial charge in [0.05, 0.1) is 6.20 Å². The monoisotopic (exact) mass is 284 g/mol. The summed E-state index contributed by atoms with van der Waals surface area (Å²) in [5, 5.41) is 10.5. The Bertz CT molecular complexity index is 675. The molecule has 3 rings (SSSR count). The average molecular weight is 284 g/mol. The van der Waals surface area contributed by atoms with E-state index in [2.05, 4.69) is 21.8 Å². The minimum absolute atomic E-state index is 0.00277. The number of rotatable bonds is 3.